The van der Waals surface area contributed by atoms with Crippen molar-refractivity contribution in [1.29, 1.82) is 0 Å². The van der Waals surface area contributed by atoms with Crippen molar-refractivity contribution in [3.63, 3.8) is 0 Å². The van der Waals surface area contributed by atoms with Gasteiger partial charge in [-0.25, -0.2) is 9.13 Å². The molecule has 0 aliphatic rings. The standard InChI is InChI=1S/C84H164O17P2/c1-8-9-10-11-12-13-14-15-26-32-37-46-53-60-67-83(88)101-80(72-95-82(87)66-59-52-45-40-39-43-50-57-64-77(6)7)74-99-103(92,93)97-70-78(85)69-96-102(90,91)98-73-79(100-84(89)68-61-54-47-38-33-28-23-19-17-21-25-30-35-42-49-56-63-76(4)5)71-94-81(86)65-58-51-44-36-31-27-22-18-16-20-24-29-34-41-48-55-62-75(2)3/h75-80,85H,8-74H2,1-7H3,(H,90,91)(H,92,93)/t78-,79-,80-/m1/s1. The van der Waals surface area contributed by atoms with Crippen molar-refractivity contribution in [2.45, 2.75) is 458 Å². The number of hydrogen-bond donors (Lipinski definition) is 3. The predicted octanol–water partition coefficient (Wildman–Crippen LogP) is 25.3. The van der Waals surface area contributed by atoms with E-state index in [2.05, 4.69) is 48.5 Å². The Balaban J connectivity index is 5.24. The number of esters is 4. The lowest BCUT2D eigenvalue weighted by atomic mass is 10.0. The summed E-state index contributed by atoms with van der Waals surface area (Å²) in [4.78, 5) is 73.1. The molecule has 0 heterocycles. The first-order valence-corrected chi connectivity index (χ1v) is 46.3. The Morgan fingerprint density at radius 2 is 0.447 bits per heavy atom. The summed E-state index contributed by atoms with van der Waals surface area (Å²) in [5.74, 6) is 0.242. The zero-order valence-electron chi connectivity index (χ0n) is 67.8. The second kappa shape index (κ2) is 74.2. The fourth-order valence-corrected chi connectivity index (χ4v) is 14.6. The van der Waals surface area contributed by atoms with Crippen LogP contribution in [0, 0.1) is 17.8 Å². The Morgan fingerprint density at radius 3 is 0.660 bits per heavy atom. The quantitative estimate of drug-likeness (QED) is 0.0222. The van der Waals surface area contributed by atoms with Gasteiger partial charge in [-0.3, -0.25) is 37.3 Å². The van der Waals surface area contributed by atoms with Gasteiger partial charge in [-0.1, -0.05) is 389 Å². The van der Waals surface area contributed by atoms with Gasteiger partial charge in [0.05, 0.1) is 26.4 Å². The van der Waals surface area contributed by atoms with Gasteiger partial charge < -0.3 is 33.8 Å². The number of rotatable bonds is 82. The molecule has 0 aromatic heterocycles. The minimum absolute atomic E-state index is 0.107. The minimum Gasteiger partial charge on any atom is -0.462 e. The minimum atomic E-state index is -4.96. The number of aliphatic hydroxyl groups is 1. The molecule has 0 rings (SSSR count). The molecule has 612 valence electrons. The average molecular weight is 1510 g/mol. The van der Waals surface area contributed by atoms with E-state index in [1.54, 1.807) is 0 Å². The van der Waals surface area contributed by atoms with Gasteiger partial charge in [-0.2, -0.15) is 0 Å². The number of carbonyl (C=O) groups is 4. The van der Waals surface area contributed by atoms with Gasteiger partial charge in [-0.15, -0.1) is 0 Å². The Hall–Kier alpha value is -1.94. The molecule has 0 aromatic rings. The Morgan fingerprint density at radius 1 is 0.262 bits per heavy atom. The van der Waals surface area contributed by atoms with Crippen LogP contribution < -0.4 is 0 Å². The van der Waals surface area contributed by atoms with Crippen LogP contribution in [-0.4, -0.2) is 96.7 Å². The van der Waals surface area contributed by atoms with Crippen LogP contribution in [-0.2, 0) is 65.4 Å². The van der Waals surface area contributed by atoms with E-state index < -0.39 is 97.5 Å². The topological polar surface area (TPSA) is 237 Å². The maximum absolute atomic E-state index is 13.1. The highest BCUT2D eigenvalue weighted by Gasteiger charge is 2.30. The zero-order chi connectivity index (χ0) is 75.8. The van der Waals surface area contributed by atoms with Gasteiger partial charge in [0.1, 0.15) is 19.3 Å². The number of phosphoric acid groups is 2. The molecule has 2 unspecified atom stereocenters. The molecular weight excluding hydrogens is 1340 g/mol. The van der Waals surface area contributed by atoms with Crippen molar-refractivity contribution in [3.05, 3.63) is 0 Å². The van der Waals surface area contributed by atoms with Crippen molar-refractivity contribution in [2.24, 2.45) is 17.8 Å². The molecule has 5 atom stereocenters. The summed E-state index contributed by atoms with van der Waals surface area (Å²) in [6.45, 7) is 12.0. The molecule has 0 amide bonds. The van der Waals surface area contributed by atoms with Crippen LogP contribution in [0.25, 0.3) is 0 Å². The molecule has 19 heteroatoms. The lowest BCUT2D eigenvalue weighted by Gasteiger charge is -2.21. The Bertz CT molecular complexity index is 1990. The van der Waals surface area contributed by atoms with Crippen LogP contribution in [0.3, 0.4) is 0 Å². The first-order valence-electron chi connectivity index (χ1n) is 43.3. The van der Waals surface area contributed by atoms with Crippen LogP contribution in [0.5, 0.6) is 0 Å². The van der Waals surface area contributed by atoms with E-state index in [1.165, 1.54) is 250 Å². The molecule has 3 N–H and O–H groups in total. The van der Waals surface area contributed by atoms with E-state index in [9.17, 15) is 43.2 Å². The zero-order valence-corrected chi connectivity index (χ0v) is 69.6. The first kappa shape index (κ1) is 101. The van der Waals surface area contributed by atoms with Gasteiger partial charge in [0.2, 0.25) is 0 Å². The average Bonchev–Trinajstić information content (AvgIpc) is 0.921. The lowest BCUT2D eigenvalue weighted by molar-refractivity contribution is -0.161. The molecule has 0 aliphatic heterocycles. The molecule has 0 saturated carbocycles. The molecule has 0 radical (unpaired) electrons. The number of aliphatic hydroxyl groups excluding tert-OH is 1. The van der Waals surface area contributed by atoms with E-state index >= 15 is 0 Å². The van der Waals surface area contributed by atoms with Crippen molar-refractivity contribution in [1.82, 2.24) is 0 Å². The Labute approximate surface area is 632 Å². The number of phosphoric ester groups is 2. The second-order valence-corrected chi connectivity index (χ2v) is 34.6. The summed E-state index contributed by atoms with van der Waals surface area (Å²) in [5, 5.41) is 10.7. The molecular formula is C84H164O17P2. The maximum atomic E-state index is 13.1. The number of carbonyl (C=O) groups excluding carboxylic acids is 4. The number of unbranched alkanes of at least 4 members (excludes halogenated alkanes) is 50. The molecule has 0 fully saturated rings. The maximum Gasteiger partial charge on any atom is 0.472 e. The fourth-order valence-electron chi connectivity index (χ4n) is 13.0. The smallest absolute Gasteiger partial charge is 0.462 e. The molecule has 103 heavy (non-hydrogen) atoms. The number of hydrogen-bond acceptors (Lipinski definition) is 15. The summed E-state index contributed by atoms with van der Waals surface area (Å²) < 4.78 is 68.8. The third kappa shape index (κ3) is 78.0. The van der Waals surface area contributed by atoms with Crippen LogP contribution in [0.4, 0.5) is 0 Å². The summed E-state index contributed by atoms with van der Waals surface area (Å²) in [6, 6.07) is 0. The van der Waals surface area contributed by atoms with Gasteiger partial charge in [0, 0.05) is 25.7 Å². The fraction of sp³-hybridized carbons (Fsp3) is 0.952. The summed E-state index contributed by atoms with van der Waals surface area (Å²) >= 11 is 0. The molecule has 17 nitrogen and oxygen atoms in total. The van der Waals surface area contributed by atoms with Crippen LogP contribution >= 0.6 is 15.6 Å². The lowest BCUT2D eigenvalue weighted by Crippen LogP contribution is -2.30. The van der Waals surface area contributed by atoms with E-state index in [-0.39, 0.29) is 25.7 Å². The van der Waals surface area contributed by atoms with E-state index in [1.807, 2.05) is 0 Å². The largest absolute Gasteiger partial charge is 0.472 e. The van der Waals surface area contributed by atoms with Gasteiger partial charge in [-0.05, 0) is 43.4 Å². The second-order valence-electron chi connectivity index (χ2n) is 31.6. The van der Waals surface area contributed by atoms with Gasteiger partial charge in [0.25, 0.3) is 0 Å². The van der Waals surface area contributed by atoms with Crippen molar-refractivity contribution in [2.75, 3.05) is 39.6 Å². The third-order valence-corrected chi connectivity index (χ3v) is 21.5. The van der Waals surface area contributed by atoms with Crippen molar-refractivity contribution < 1.29 is 80.2 Å². The van der Waals surface area contributed by atoms with Crippen LogP contribution in [0.2, 0.25) is 0 Å². The normalized spacial score (nSPS) is 13.9. The van der Waals surface area contributed by atoms with E-state index in [4.69, 9.17) is 37.0 Å². The summed E-state index contributed by atoms with van der Waals surface area (Å²) in [6.07, 6.45) is 63.8. The molecule has 0 spiro atoms. The SMILES string of the molecule is CCCCCCCCCCCCCCCCC(=O)O[C@H](COC(=O)CCCCCCCCCCC(C)C)COP(=O)(O)OC[C@H](O)COP(=O)(O)OC[C@@H](COC(=O)CCCCCCCCCCCCCCCCCCC(C)C)OC(=O)CCCCCCCCCCCCCCCCCCC(C)C. The van der Waals surface area contributed by atoms with Crippen LogP contribution in [0.1, 0.15) is 440 Å². The van der Waals surface area contributed by atoms with E-state index in [0.29, 0.717) is 25.7 Å². The van der Waals surface area contributed by atoms with Gasteiger partial charge in [0.15, 0.2) is 12.2 Å². The van der Waals surface area contributed by atoms with Crippen molar-refractivity contribution >= 4 is 39.5 Å². The monoisotopic (exact) mass is 1510 g/mol. The highest BCUT2D eigenvalue weighted by molar-refractivity contribution is 7.47. The highest BCUT2D eigenvalue weighted by Crippen LogP contribution is 2.45. The molecule has 0 bridgehead atoms. The Kier molecular flexibility index (Phi) is 72.8. The molecule has 0 aliphatic carbocycles. The van der Waals surface area contributed by atoms with E-state index in [0.717, 1.165) is 108 Å². The first-order chi connectivity index (χ1) is 49.7. The predicted molar refractivity (Wildman–Crippen MR) is 423 cm³/mol. The highest BCUT2D eigenvalue weighted by atomic mass is 31.2. The third-order valence-electron chi connectivity index (χ3n) is 19.6. The van der Waals surface area contributed by atoms with Gasteiger partial charge >= 0.3 is 39.5 Å². The summed E-state index contributed by atoms with van der Waals surface area (Å²) in [5.41, 5.74) is 0. The molecule has 0 aromatic carbocycles. The molecule has 0 saturated heterocycles. The summed E-state index contributed by atoms with van der Waals surface area (Å²) in [7, 11) is -9.93. The number of ether oxygens (including phenoxy) is 4. The van der Waals surface area contributed by atoms with Crippen LogP contribution in [0.15, 0.2) is 0 Å². The van der Waals surface area contributed by atoms with Crippen molar-refractivity contribution in [3.8, 4) is 0 Å².